The molecular formula is C24H29N7O2S. The van der Waals surface area contributed by atoms with Crippen LogP contribution < -0.4 is 15.4 Å². The number of anilines is 1. The molecule has 0 radical (unpaired) electrons. The van der Waals surface area contributed by atoms with Crippen LogP contribution in [0.15, 0.2) is 64.0 Å². The number of hydrogen-bond acceptors (Lipinski definition) is 8. The molecule has 0 aliphatic rings. The van der Waals surface area contributed by atoms with E-state index in [2.05, 4.69) is 30.7 Å². The van der Waals surface area contributed by atoms with E-state index in [1.807, 2.05) is 74.9 Å². The number of benzene rings is 2. The molecule has 1 aromatic heterocycles. The highest BCUT2D eigenvalue weighted by Crippen LogP contribution is 2.22. The zero-order chi connectivity index (χ0) is 24.0. The third-order valence-corrected chi connectivity index (χ3v) is 5.47. The van der Waals surface area contributed by atoms with Gasteiger partial charge in [0.2, 0.25) is 23.9 Å². The van der Waals surface area contributed by atoms with Crippen LogP contribution in [0.4, 0.5) is 5.69 Å². The molecule has 34 heavy (non-hydrogen) atoms. The molecule has 0 aliphatic heterocycles. The molecule has 1 heterocycles. The largest absolute Gasteiger partial charge is 0.493 e. The number of nitrogens with one attached hydrogen (secondary N) is 2. The number of aliphatic imine (C=N–C) groups is 1. The average molecular weight is 480 g/mol. The van der Waals surface area contributed by atoms with Crippen molar-refractivity contribution in [1.29, 1.82) is 5.26 Å². The minimum absolute atomic E-state index is 0.419. The molecule has 0 aliphatic carbocycles. The Morgan fingerprint density at radius 2 is 1.94 bits per heavy atom. The van der Waals surface area contributed by atoms with Gasteiger partial charge in [-0.3, -0.25) is 0 Å². The predicted molar refractivity (Wildman–Crippen MR) is 136 cm³/mol. The number of nitriles is 1. The Morgan fingerprint density at radius 3 is 2.68 bits per heavy atom. The maximum Gasteiger partial charge on any atom is 0.247 e. The Kier molecular flexibility index (Phi) is 10.2. The highest BCUT2D eigenvalue weighted by Gasteiger charge is 2.09. The lowest BCUT2D eigenvalue weighted by atomic mass is 10.2. The summed E-state index contributed by atoms with van der Waals surface area (Å²) in [6, 6.07) is 17.3. The van der Waals surface area contributed by atoms with Crippen molar-refractivity contribution in [1.82, 2.24) is 20.4 Å². The van der Waals surface area contributed by atoms with E-state index in [0.717, 1.165) is 35.7 Å². The van der Waals surface area contributed by atoms with Gasteiger partial charge in [0.25, 0.3) is 0 Å². The zero-order valence-corrected chi connectivity index (χ0v) is 20.2. The summed E-state index contributed by atoms with van der Waals surface area (Å²) < 4.78 is 11.5. The van der Waals surface area contributed by atoms with Gasteiger partial charge in [0, 0.05) is 23.5 Å². The molecule has 9 nitrogen and oxygen atoms in total. The Hall–Kier alpha value is -3.55. The quantitative estimate of drug-likeness (QED) is 0.173. The van der Waals surface area contributed by atoms with Gasteiger partial charge in [0.1, 0.15) is 5.75 Å². The Bertz CT molecular complexity index is 1060. The highest BCUT2D eigenvalue weighted by molar-refractivity contribution is 7.98. The lowest BCUT2D eigenvalue weighted by Crippen LogP contribution is -2.32. The SMILES string of the molecule is CN(C)CCCNC(=NC#N)Nc1ccc(-c2nnc(CSCCOc3ccccc3)o2)cc1. The molecule has 3 rings (SSSR count). The third kappa shape index (κ3) is 8.77. The summed E-state index contributed by atoms with van der Waals surface area (Å²) in [7, 11) is 4.05. The Morgan fingerprint density at radius 1 is 1.15 bits per heavy atom. The van der Waals surface area contributed by atoms with Crippen LogP contribution in [-0.4, -0.2) is 60.6 Å². The van der Waals surface area contributed by atoms with Crippen molar-refractivity contribution in [2.24, 2.45) is 4.99 Å². The fraction of sp³-hybridized carbons (Fsp3) is 0.333. The van der Waals surface area contributed by atoms with Gasteiger partial charge in [-0.05, 0) is 63.5 Å². The van der Waals surface area contributed by atoms with E-state index in [1.54, 1.807) is 11.8 Å². The van der Waals surface area contributed by atoms with Crippen molar-refractivity contribution in [3.05, 3.63) is 60.5 Å². The predicted octanol–water partition coefficient (Wildman–Crippen LogP) is 3.84. The molecule has 0 amide bonds. The molecule has 0 unspecified atom stereocenters. The number of para-hydroxylation sites is 1. The molecule has 0 saturated carbocycles. The van der Waals surface area contributed by atoms with Crippen molar-refractivity contribution in [2.75, 3.05) is 44.9 Å². The second-order valence-corrected chi connectivity index (χ2v) is 8.67. The van der Waals surface area contributed by atoms with Crippen LogP contribution in [0, 0.1) is 11.5 Å². The Balaban J connectivity index is 1.44. The summed E-state index contributed by atoms with van der Waals surface area (Å²) >= 11 is 1.68. The number of thioether (sulfide) groups is 1. The first-order chi connectivity index (χ1) is 16.6. The normalized spacial score (nSPS) is 11.3. The fourth-order valence-corrected chi connectivity index (χ4v) is 3.56. The summed E-state index contributed by atoms with van der Waals surface area (Å²) in [5.74, 6) is 3.78. The second-order valence-electron chi connectivity index (χ2n) is 7.56. The topological polar surface area (TPSA) is 112 Å². The highest BCUT2D eigenvalue weighted by atomic mass is 32.2. The maximum atomic E-state index is 8.94. The van der Waals surface area contributed by atoms with Gasteiger partial charge in [-0.2, -0.15) is 5.26 Å². The number of ether oxygens (including phenoxy) is 1. The molecule has 10 heteroatoms. The smallest absolute Gasteiger partial charge is 0.247 e. The van der Waals surface area contributed by atoms with Gasteiger partial charge < -0.3 is 24.7 Å². The van der Waals surface area contributed by atoms with Crippen LogP contribution in [0.3, 0.4) is 0 Å². The first-order valence-electron chi connectivity index (χ1n) is 10.9. The fourth-order valence-electron chi connectivity index (χ4n) is 2.92. The van der Waals surface area contributed by atoms with Crippen molar-refractivity contribution < 1.29 is 9.15 Å². The lowest BCUT2D eigenvalue weighted by molar-refractivity contribution is 0.344. The van der Waals surface area contributed by atoms with Crippen LogP contribution in [0.2, 0.25) is 0 Å². The van der Waals surface area contributed by atoms with Gasteiger partial charge in [0.15, 0.2) is 0 Å². The number of guanidine groups is 1. The molecule has 0 bridgehead atoms. The summed E-state index contributed by atoms with van der Waals surface area (Å²) in [5.41, 5.74) is 1.62. The molecule has 2 aromatic carbocycles. The van der Waals surface area contributed by atoms with E-state index in [-0.39, 0.29) is 0 Å². The van der Waals surface area contributed by atoms with Gasteiger partial charge in [-0.1, -0.05) is 18.2 Å². The van der Waals surface area contributed by atoms with Gasteiger partial charge in [-0.15, -0.1) is 27.0 Å². The Labute approximate surface area is 204 Å². The minimum atomic E-state index is 0.419. The van der Waals surface area contributed by atoms with Crippen molar-refractivity contribution >= 4 is 23.4 Å². The van der Waals surface area contributed by atoms with Crippen LogP contribution in [0.25, 0.3) is 11.5 Å². The van der Waals surface area contributed by atoms with E-state index in [9.17, 15) is 0 Å². The molecule has 0 saturated heterocycles. The first kappa shape index (κ1) is 25.1. The number of hydrogen-bond donors (Lipinski definition) is 2. The summed E-state index contributed by atoms with van der Waals surface area (Å²) in [6.45, 7) is 2.28. The standard InChI is InChI=1S/C24H29N7O2S/c1-31(2)14-6-13-26-24(27-18-25)28-20-11-9-19(10-12-20)23-30-29-22(33-23)17-34-16-15-32-21-7-4-3-5-8-21/h3-5,7-12H,6,13-17H2,1-2H3,(H2,26,27,28). The first-order valence-corrected chi connectivity index (χ1v) is 12.1. The van der Waals surface area contributed by atoms with Gasteiger partial charge in [0.05, 0.1) is 12.4 Å². The molecule has 0 atom stereocenters. The van der Waals surface area contributed by atoms with E-state index in [1.165, 1.54) is 0 Å². The minimum Gasteiger partial charge on any atom is -0.493 e. The maximum absolute atomic E-state index is 8.94. The second kappa shape index (κ2) is 13.9. The number of rotatable bonds is 12. The summed E-state index contributed by atoms with van der Waals surface area (Å²) in [5, 5.41) is 23.5. The van der Waals surface area contributed by atoms with Crippen molar-refractivity contribution in [3.8, 4) is 23.4 Å². The molecule has 178 valence electrons. The van der Waals surface area contributed by atoms with E-state index < -0.39 is 0 Å². The van der Waals surface area contributed by atoms with E-state index in [4.69, 9.17) is 14.4 Å². The monoisotopic (exact) mass is 479 g/mol. The van der Waals surface area contributed by atoms with Crippen LogP contribution >= 0.6 is 11.8 Å². The zero-order valence-electron chi connectivity index (χ0n) is 19.4. The molecule has 3 aromatic rings. The summed E-state index contributed by atoms with van der Waals surface area (Å²) in [4.78, 5) is 5.92. The lowest BCUT2D eigenvalue weighted by Gasteiger charge is -2.13. The third-order valence-electron chi connectivity index (χ3n) is 4.56. The van der Waals surface area contributed by atoms with Crippen molar-refractivity contribution in [2.45, 2.75) is 12.2 Å². The average Bonchev–Trinajstić information content (AvgIpc) is 3.32. The van der Waals surface area contributed by atoms with Crippen LogP contribution in [0.1, 0.15) is 12.3 Å². The molecule has 0 fully saturated rings. The molecule has 2 N–H and O–H groups in total. The molecular weight excluding hydrogens is 450 g/mol. The molecule has 0 spiro atoms. The van der Waals surface area contributed by atoms with Crippen molar-refractivity contribution in [3.63, 3.8) is 0 Å². The van der Waals surface area contributed by atoms with E-state index in [0.29, 0.717) is 36.6 Å². The summed E-state index contributed by atoms with van der Waals surface area (Å²) in [6.07, 6.45) is 2.76. The van der Waals surface area contributed by atoms with E-state index >= 15 is 0 Å². The van der Waals surface area contributed by atoms with Crippen LogP contribution in [-0.2, 0) is 5.75 Å². The van der Waals surface area contributed by atoms with Gasteiger partial charge in [-0.25, -0.2) is 0 Å². The number of aromatic nitrogens is 2. The van der Waals surface area contributed by atoms with Crippen LogP contribution in [0.5, 0.6) is 5.75 Å². The van der Waals surface area contributed by atoms with Gasteiger partial charge >= 0.3 is 0 Å². The number of nitrogens with zero attached hydrogens (tertiary/aromatic N) is 5.